The molecule has 0 aliphatic rings. The first-order valence-electron chi connectivity index (χ1n) is 29.6. The van der Waals surface area contributed by atoms with Crippen LogP contribution < -0.4 is 49.1 Å². The van der Waals surface area contributed by atoms with E-state index in [2.05, 4.69) is 46.9 Å². The Morgan fingerprint density at radius 1 is 0.375 bits per heavy atom. The van der Waals surface area contributed by atoms with Gasteiger partial charge < -0.3 is 64.1 Å². The number of hydrogen-bond donors (Lipinski definition) is 12. The Morgan fingerprint density at radius 2 is 0.648 bits per heavy atom. The van der Waals surface area contributed by atoms with Crippen LogP contribution in [-0.2, 0) is 48.0 Å². The number of unbranched alkanes of at least 4 members (excludes halogenated alkanes) is 3. The summed E-state index contributed by atoms with van der Waals surface area (Å²) in [6.45, 7) is 1.33. The molecule has 9 aromatic rings. The Bertz CT molecular complexity index is 3490. The Balaban J connectivity index is 0.927. The molecule has 3 aromatic heterocycles. The third-order valence-corrected chi connectivity index (χ3v) is 16.3. The highest BCUT2D eigenvalue weighted by atomic mass is 35.5. The summed E-state index contributed by atoms with van der Waals surface area (Å²) in [7, 11) is 0. The minimum absolute atomic E-state index is 0.0506. The maximum absolute atomic E-state index is 14.0. The van der Waals surface area contributed by atoms with E-state index in [1.165, 1.54) is 0 Å². The van der Waals surface area contributed by atoms with Crippen molar-refractivity contribution in [1.29, 1.82) is 0 Å². The van der Waals surface area contributed by atoms with Gasteiger partial charge in [-0.1, -0.05) is 89.4 Å². The first-order valence-corrected chi connectivity index (χ1v) is 30.8. The summed E-state index contributed by atoms with van der Waals surface area (Å²) in [5, 5.41) is 22.2. The molecule has 0 spiro atoms. The average molecular weight is 1250 g/mol. The largest absolute Gasteiger partial charge is 0.361 e. The molecule has 21 heteroatoms. The van der Waals surface area contributed by atoms with Gasteiger partial charge in [0.2, 0.25) is 35.4 Å². The lowest BCUT2D eigenvalue weighted by Crippen LogP contribution is -2.44. The van der Waals surface area contributed by atoms with E-state index in [-0.39, 0.29) is 54.7 Å². The number of carbonyl (C=O) groups is 6. The second-order valence-corrected chi connectivity index (χ2v) is 23.3. The minimum atomic E-state index is -0.837. The first kappa shape index (κ1) is 64.0. The smallest absolute Gasteiger partial charge is 0.246 e. The summed E-state index contributed by atoms with van der Waals surface area (Å²) in [5.41, 5.74) is 26.3. The summed E-state index contributed by atoms with van der Waals surface area (Å²) in [4.78, 5) is 92.2. The third-order valence-electron chi connectivity index (χ3n) is 15.6. The lowest BCUT2D eigenvalue weighted by atomic mass is 9.85. The monoisotopic (exact) mass is 1250 g/mol. The maximum Gasteiger partial charge on any atom is 0.246 e. The van der Waals surface area contributed by atoms with Gasteiger partial charge in [-0.25, -0.2) is 0 Å². The van der Waals surface area contributed by atoms with Gasteiger partial charge in [0, 0.05) is 89.3 Å². The van der Waals surface area contributed by atoms with Crippen LogP contribution in [0, 0.1) is 0 Å². The average Bonchev–Trinajstić information content (AvgIpc) is 2.71. The number of rotatable bonds is 30. The maximum atomic E-state index is 14.0. The van der Waals surface area contributed by atoms with Gasteiger partial charge in [-0.3, -0.25) is 28.8 Å². The molecular weight excluding hydrogens is 1180 g/mol. The molecule has 0 unspecified atom stereocenters. The molecule has 0 radical (unpaired) electrons. The number of amides is 6. The lowest BCUT2D eigenvalue weighted by molar-refractivity contribution is -0.126. The molecule has 3 heterocycles. The Hall–Kier alpha value is -8.49. The van der Waals surface area contributed by atoms with Crippen LogP contribution in [0.1, 0.15) is 97.1 Å². The number of carbonyl (C=O) groups excluding carboxylic acids is 6. The van der Waals surface area contributed by atoms with Crippen molar-refractivity contribution in [3.05, 3.63) is 194 Å². The molecule has 18 nitrogen and oxygen atoms in total. The fourth-order valence-electron chi connectivity index (χ4n) is 11.0. The van der Waals surface area contributed by atoms with Gasteiger partial charge in [0.15, 0.2) is 0 Å². The number of fused-ring (bicyclic) bond motifs is 3. The predicted octanol–water partition coefficient (Wildman–Crippen LogP) is 10.7. The summed E-state index contributed by atoms with van der Waals surface area (Å²) in [6, 6.07) is 36.1. The zero-order chi connectivity index (χ0) is 62.1. The molecule has 6 amide bonds. The summed E-state index contributed by atoms with van der Waals surface area (Å²) >= 11 is 18.6. The van der Waals surface area contributed by atoms with Gasteiger partial charge >= 0.3 is 0 Å². The highest BCUT2D eigenvalue weighted by molar-refractivity contribution is 6.32. The highest BCUT2D eigenvalue weighted by Gasteiger charge is 2.26. The van der Waals surface area contributed by atoms with Crippen LogP contribution >= 0.6 is 34.8 Å². The molecule has 0 saturated carbocycles. The molecule has 0 aliphatic heterocycles. The van der Waals surface area contributed by atoms with E-state index in [1.807, 2.05) is 54.6 Å². The fraction of sp³-hybridized carbons (Fsp3) is 0.284. The Kier molecular flexibility index (Phi) is 22.5. The van der Waals surface area contributed by atoms with Crippen LogP contribution in [-0.4, -0.2) is 88.2 Å². The summed E-state index contributed by atoms with van der Waals surface area (Å²) in [5.74, 6) is -2.47. The van der Waals surface area contributed by atoms with Crippen LogP contribution in [0.3, 0.4) is 0 Å². The molecule has 88 heavy (non-hydrogen) atoms. The van der Waals surface area contributed by atoms with Crippen molar-refractivity contribution < 1.29 is 28.8 Å². The number of nitrogens with two attached hydrogens (primary N) is 3. The number of hydrogen-bond acceptors (Lipinski definition) is 9. The zero-order valence-electron chi connectivity index (χ0n) is 48.6. The van der Waals surface area contributed by atoms with Crippen LogP contribution in [0.4, 0.5) is 17.1 Å². The van der Waals surface area contributed by atoms with Crippen molar-refractivity contribution >= 4 is 120 Å². The lowest BCUT2D eigenvalue weighted by Gasteiger charge is -2.22. The van der Waals surface area contributed by atoms with E-state index in [4.69, 9.17) is 52.0 Å². The second kappa shape index (κ2) is 30.9. The van der Waals surface area contributed by atoms with E-state index in [1.54, 1.807) is 91.4 Å². The van der Waals surface area contributed by atoms with Crippen molar-refractivity contribution in [3.8, 4) is 0 Å². The summed E-state index contributed by atoms with van der Waals surface area (Å²) in [6.07, 6.45) is 10.5. The highest BCUT2D eigenvalue weighted by Crippen LogP contribution is 2.35. The molecule has 0 bridgehead atoms. The van der Waals surface area contributed by atoms with Gasteiger partial charge in [-0.2, -0.15) is 0 Å². The second-order valence-electron chi connectivity index (χ2n) is 22.0. The molecule has 0 aliphatic carbocycles. The van der Waals surface area contributed by atoms with Gasteiger partial charge in [0.25, 0.3) is 0 Å². The standard InChI is InChI=1S/C67H73Cl3N12O6/c68-46-16-25-52-43(37-74-58(52)34-46)31-61(83)80-55(7-1-4-28-71)65(86)77-49-19-10-40(11-20-49)64(41-12-21-50(22-13-41)78-66(87)56(8-2-5-29-72)81-62(84)32-44-38-75-59-35-47(69)17-26-53(44)59)42-14-23-51(24-15-42)79-67(88)57(9-3-6-30-73)82-63(85)33-45-39-76-60-36-48(70)18-27-54(45)60/h10-27,34-39,55-57,64,74-76H,1-9,28-33,71-73H2,(H,77,86)(H,78,87)(H,79,88)(H,80,83)(H,81,84)(H,82,85)/t55-,56-,57-/m0/s1. The van der Waals surface area contributed by atoms with Gasteiger partial charge in [-0.05, 0) is 184 Å². The number of anilines is 3. The van der Waals surface area contributed by atoms with E-state index in [9.17, 15) is 28.8 Å². The molecule has 458 valence electrons. The van der Waals surface area contributed by atoms with E-state index >= 15 is 0 Å². The molecule has 15 N–H and O–H groups in total. The number of aromatic amines is 3. The first-order chi connectivity index (χ1) is 42.6. The SMILES string of the molecule is NCCCC[C@H](NC(=O)Cc1c[nH]c2cc(Cl)ccc12)C(=O)Nc1ccc(C(c2ccc(NC(=O)[C@H](CCCCN)NC(=O)Cc3c[nH]c4cc(Cl)ccc34)cc2)c2ccc(NC(=O)[C@H](CCCCN)NC(=O)Cc3c[nH]c4cc(Cl)ccc34)cc2)cc1. The molecule has 9 rings (SSSR count). The van der Waals surface area contributed by atoms with Crippen molar-refractivity contribution in [3.63, 3.8) is 0 Å². The number of aromatic nitrogens is 3. The topological polar surface area (TPSA) is 300 Å². The van der Waals surface area contributed by atoms with Crippen molar-refractivity contribution in [2.45, 2.75) is 101 Å². The van der Waals surface area contributed by atoms with Crippen LogP contribution in [0.2, 0.25) is 15.1 Å². The number of nitrogens with one attached hydrogen (secondary N) is 9. The van der Waals surface area contributed by atoms with Gasteiger partial charge in [-0.15, -0.1) is 0 Å². The molecular formula is C67H73Cl3N12O6. The normalized spacial score (nSPS) is 12.4. The Morgan fingerprint density at radius 3 is 0.909 bits per heavy atom. The summed E-state index contributed by atoms with van der Waals surface area (Å²) < 4.78 is 0. The van der Waals surface area contributed by atoms with Crippen molar-refractivity contribution in [1.82, 2.24) is 30.9 Å². The van der Waals surface area contributed by atoms with Crippen LogP contribution in [0.5, 0.6) is 0 Å². The number of benzene rings is 6. The van der Waals surface area contributed by atoms with Crippen LogP contribution in [0.25, 0.3) is 32.7 Å². The number of halogens is 3. The zero-order valence-corrected chi connectivity index (χ0v) is 50.9. The fourth-order valence-corrected chi connectivity index (χ4v) is 11.5. The van der Waals surface area contributed by atoms with Crippen LogP contribution in [0.15, 0.2) is 146 Å². The minimum Gasteiger partial charge on any atom is -0.361 e. The van der Waals surface area contributed by atoms with E-state index in [0.29, 0.717) is 110 Å². The molecule has 0 fully saturated rings. The molecule has 6 aromatic carbocycles. The third kappa shape index (κ3) is 17.2. The predicted molar refractivity (Wildman–Crippen MR) is 352 cm³/mol. The van der Waals surface area contributed by atoms with E-state index in [0.717, 1.165) is 66.1 Å². The van der Waals surface area contributed by atoms with Gasteiger partial charge in [0.05, 0.1) is 19.3 Å². The number of H-pyrrole nitrogens is 3. The van der Waals surface area contributed by atoms with Crippen molar-refractivity contribution in [2.24, 2.45) is 17.2 Å². The molecule has 3 atom stereocenters. The Labute approximate surface area is 525 Å². The van der Waals surface area contributed by atoms with Crippen molar-refractivity contribution in [2.75, 3.05) is 35.6 Å². The molecule has 0 saturated heterocycles. The van der Waals surface area contributed by atoms with Gasteiger partial charge in [0.1, 0.15) is 18.1 Å². The van der Waals surface area contributed by atoms with E-state index < -0.39 is 24.0 Å². The quantitative estimate of drug-likeness (QED) is 0.0150.